The summed E-state index contributed by atoms with van der Waals surface area (Å²) in [5.41, 5.74) is -0.113. The Hall–Kier alpha value is -1.27. The molecule has 2 nitrogen and oxygen atoms in total. The summed E-state index contributed by atoms with van der Waals surface area (Å²) in [7, 11) is 0. The SMILES string of the molecule is CC(Sc1ncccc1Br)C(=O)c1ccc(F)cc1F. The topological polar surface area (TPSA) is 30.0 Å². The quantitative estimate of drug-likeness (QED) is 0.596. The maximum Gasteiger partial charge on any atom is 0.178 e. The van der Waals surface area contributed by atoms with Crippen molar-refractivity contribution in [2.75, 3.05) is 0 Å². The van der Waals surface area contributed by atoms with Crippen LogP contribution in [0.2, 0.25) is 0 Å². The maximum atomic E-state index is 13.6. The fraction of sp³-hybridized carbons (Fsp3) is 0.143. The molecule has 0 saturated heterocycles. The fourth-order valence-electron chi connectivity index (χ4n) is 1.59. The van der Waals surface area contributed by atoms with Gasteiger partial charge >= 0.3 is 0 Å². The summed E-state index contributed by atoms with van der Waals surface area (Å²) < 4.78 is 27.2. The number of carbonyl (C=O) groups excluding carboxylic acids is 1. The summed E-state index contributed by atoms with van der Waals surface area (Å²) >= 11 is 4.55. The Balaban J connectivity index is 2.19. The normalized spacial score (nSPS) is 12.2. The van der Waals surface area contributed by atoms with Crippen LogP contribution in [0, 0.1) is 11.6 Å². The Bertz CT molecular complexity index is 651. The summed E-state index contributed by atoms with van der Waals surface area (Å²) in [5.74, 6) is -1.94. The molecule has 20 heavy (non-hydrogen) atoms. The molecule has 0 aliphatic carbocycles. The predicted molar refractivity (Wildman–Crippen MR) is 77.9 cm³/mol. The molecule has 0 aliphatic heterocycles. The minimum atomic E-state index is -0.845. The average Bonchev–Trinajstić information content (AvgIpc) is 2.40. The molecular weight excluding hydrogens is 348 g/mol. The summed E-state index contributed by atoms with van der Waals surface area (Å²) in [5, 5.41) is 0.122. The van der Waals surface area contributed by atoms with Gasteiger partial charge in [-0.3, -0.25) is 4.79 Å². The zero-order valence-corrected chi connectivity index (χ0v) is 12.8. The lowest BCUT2D eigenvalue weighted by Gasteiger charge is -2.11. The second kappa shape index (κ2) is 6.45. The van der Waals surface area contributed by atoms with Crippen LogP contribution in [0.5, 0.6) is 0 Å². The Labute approximate surface area is 127 Å². The number of carbonyl (C=O) groups is 1. The van der Waals surface area contributed by atoms with Gasteiger partial charge in [-0.15, -0.1) is 0 Å². The molecule has 1 aromatic carbocycles. The third-order valence-electron chi connectivity index (χ3n) is 2.58. The van der Waals surface area contributed by atoms with Gasteiger partial charge in [0.25, 0.3) is 0 Å². The minimum Gasteiger partial charge on any atom is -0.293 e. The van der Waals surface area contributed by atoms with Crippen molar-refractivity contribution in [3.8, 4) is 0 Å². The zero-order chi connectivity index (χ0) is 14.7. The van der Waals surface area contributed by atoms with Crippen molar-refractivity contribution in [3.05, 3.63) is 58.2 Å². The van der Waals surface area contributed by atoms with E-state index in [0.717, 1.165) is 16.6 Å². The number of halogens is 3. The van der Waals surface area contributed by atoms with Gasteiger partial charge in [0.05, 0.1) is 10.8 Å². The molecule has 1 unspecified atom stereocenters. The first-order valence-electron chi connectivity index (χ1n) is 5.75. The molecule has 1 aromatic heterocycles. The number of thioether (sulfide) groups is 1. The van der Waals surface area contributed by atoms with Crippen LogP contribution in [-0.4, -0.2) is 16.0 Å². The van der Waals surface area contributed by atoms with Gasteiger partial charge in [-0.2, -0.15) is 0 Å². The Morgan fingerprint density at radius 1 is 1.35 bits per heavy atom. The molecule has 0 fully saturated rings. The van der Waals surface area contributed by atoms with Crippen LogP contribution >= 0.6 is 27.7 Å². The van der Waals surface area contributed by atoms with Crippen molar-refractivity contribution in [3.63, 3.8) is 0 Å². The second-order valence-corrected chi connectivity index (χ2v) is 6.22. The van der Waals surface area contributed by atoms with Crippen LogP contribution in [0.15, 0.2) is 46.0 Å². The van der Waals surface area contributed by atoms with E-state index in [-0.39, 0.29) is 5.56 Å². The number of benzene rings is 1. The van der Waals surface area contributed by atoms with Crippen LogP contribution in [0.25, 0.3) is 0 Å². The molecule has 0 N–H and O–H groups in total. The Morgan fingerprint density at radius 2 is 2.10 bits per heavy atom. The van der Waals surface area contributed by atoms with Crippen molar-refractivity contribution >= 4 is 33.5 Å². The van der Waals surface area contributed by atoms with Gasteiger partial charge in [-0.1, -0.05) is 11.8 Å². The number of rotatable bonds is 4. The maximum absolute atomic E-state index is 13.6. The van der Waals surface area contributed by atoms with Gasteiger partial charge in [0.2, 0.25) is 0 Å². The van der Waals surface area contributed by atoms with E-state index in [0.29, 0.717) is 11.1 Å². The molecule has 0 saturated carbocycles. The molecular formula is C14H10BrF2NOS. The molecule has 0 spiro atoms. The number of hydrogen-bond acceptors (Lipinski definition) is 3. The molecule has 0 bridgehead atoms. The number of Topliss-reactive ketones (excluding diaryl/α,β-unsaturated/α-hetero) is 1. The highest BCUT2D eigenvalue weighted by Gasteiger charge is 2.21. The summed E-state index contributed by atoms with van der Waals surface area (Å²) in [6.07, 6.45) is 1.61. The standard InChI is InChI=1S/C14H10BrF2NOS/c1-8(20-14-11(15)3-2-6-18-14)13(19)10-5-4-9(16)7-12(10)17/h2-8H,1H3. The average molecular weight is 358 g/mol. The lowest BCUT2D eigenvalue weighted by Crippen LogP contribution is -2.15. The summed E-state index contributed by atoms with van der Waals surface area (Å²) in [6, 6.07) is 6.52. The Morgan fingerprint density at radius 3 is 2.75 bits per heavy atom. The van der Waals surface area contributed by atoms with Gasteiger partial charge in [-0.25, -0.2) is 13.8 Å². The molecule has 1 heterocycles. The molecule has 104 valence electrons. The van der Waals surface area contributed by atoms with E-state index >= 15 is 0 Å². The van der Waals surface area contributed by atoms with Gasteiger partial charge in [0.1, 0.15) is 16.7 Å². The van der Waals surface area contributed by atoms with Gasteiger partial charge in [0.15, 0.2) is 5.78 Å². The summed E-state index contributed by atoms with van der Waals surface area (Å²) in [6.45, 7) is 1.66. The zero-order valence-electron chi connectivity index (χ0n) is 10.4. The first-order chi connectivity index (χ1) is 9.49. The van der Waals surface area contributed by atoms with E-state index in [9.17, 15) is 13.6 Å². The summed E-state index contributed by atoms with van der Waals surface area (Å²) in [4.78, 5) is 16.3. The van der Waals surface area contributed by atoms with Crippen LogP contribution < -0.4 is 0 Å². The van der Waals surface area contributed by atoms with E-state index in [1.807, 2.05) is 6.07 Å². The number of ketones is 1. The lowest BCUT2D eigenvalue weighted by molar-refractivity contribution is 0.0990. The molecule has 0 radical (unpaired) electrons. The largest absolute Gasteiger partial charge is 0.293 e. The molecule has 0 amide bonds. The van der Waals surface area contributed by atoms with Gasteiger partial charge in [0, 0.05) is 16.7 Å². The molecule has 6 heteroatoms. The van der Waals surface area contributed by atoms with Crippen molar-refractivity contribution in [1.82, 2.24) is 4.98 Å². The fourth-order valence-corrected chi connectivity index (χ4v) is 2.99. The van der Waals surface area contributed by atoms with Crippen molar-refractivity contribution < 1.29 is 13.6 Å². The monoisotopic (exact) mass is 357 g/mol. The first kappa shape index (κ1) is 15.1. The smallest absolute Gasteiger partial charge is 0.178 e. The predicted octanol–water partition coefficient (Wildman–Crippen LogP) is 4.49. The highest BCUT2D eigenvalue weighted by Crippen LogP contribution is 2.30. The first-order valence-corrected chi connectivity index (χ1v) is 7.42. The number of hydrogen-bond donors (Lipinski definition) is 0. The van der Waals surface area contributed by atoms with Crippen molar-refractivity contribution in [2.24, 2.45) is 0 Å². The van der Waals surface area contributed by atoms with Crippen molar-refractivity contribution in [2.45, 2.75) is 17.2 Å². The van der Waals surface area contributed by atoms with Crippen molar-refractivity contribution in [1.29, 1.82) is 0 Å². The Kier molecular flexibility index (Phi) is 4.88. The highest BCUT2D eigenvalue weighted by molar-refractivity contribution is 9.10. The molecule has 2 rings (SSSR count). The third-order valence-corrected chi connectivity index (χ3v) is 4.60. The second-order valence-electron chi connectivity index (χ2n) is 4.04. The molecule has 2 aromatic rings. The third kappa shape index (κ3) is 3.43. The molecule has 1 atom stereocenters. The number of nitrogens with zero attached hydrogens (tertiary/aromatic N) is 1. The number of aromatic nitrogens is 1. The highest BCUT2D eigenvalue weighted by atomic mass is 79.9. The van der Waals surface area contributed by atoms with Gasteiger partial charge in [-0.05, 0) is 47.1 Å². The van der Waals surface area contributed by atoms with E-state index in [2.05, 4.69) is 20.9 Å². The van der Waals surface area contributed by atoms with Crippen LogP contribution in [0.1, 0.15) is 17.3 Å². The minimum absolute atomic E-state index is 0.113. The van der Waals surface area contributed by atoms with E-state index in [1.165, 1.54) is 11.8 Å². The van der Waals surface area contributed by atoms with E-state index < -0.39 is 22.7 Å². The number of pyridine rings is 1. The van der Waals surface area contributed by atoms with Gasteiger partial charge < -0.3 is 0 Å². The van der Waals surface area contributed by atoms with Crippen LogP contribution in [-0.2, 0) is 0 Å². The van der Waals surface area contributed by atoms with Crippen LogP contribution in [0.4, 0.5) is 8.78 Å². The van der Waals surface area contributed by atoms with Crippen LogP contribution in [0.3, 0.4) is 0 Å². The van der Waals surface area contributed by atoms with E-state index in [4.69, 9.17) is 0 Å². The van der Waals surface area contributed by atoms with E-state index in [1.54, 1.807) is 19.2 Å². The molecule has 0 aliphatic rings. The lowest BCUT2D eigenvalue weighted by atomic mass is 10.1.